The first-order valence-electron chi connectivity index (χ1n) is 5.37. The highest BCUT2D eigenvalue weighted by atomic mass is 32.2. The lowest BCUT2D eigenvalue weighted by Crippen LogP contribution is -2.29. The van der Waals surface area contributed by atoms with Crippen LogP contribution >= 0.6 is 0 Å². The van der Waals surface area contributed by atoms with Gasteiger partial charge >= 0.3 is 5.97 Å². The molecule has 0 aliphatic heterocycles. The zero-order valence-electron chi connectivity index (χ0n) is 10.1. The molecule has 100 valence electrons. The van der Waals surface area contributed by atoms with Gasteiger partial charge in [-0.3, -0.25) is 9.59 Å². The fourth-order valence-electron chi connectivity index (χ4n) is 1.13. The van der Waals surface area contributed by atoms with E-state index in [2.05, 4.69) is 5.32 Å². The average molecular weight is 265 g/mol. The molecule has 0 aliphatic rings. The lowest BCUT2D eigenvalue weighted by molar-refractivity contribution is -0.137. The minimum Gasteiger partial charge on any atom is -0.481 e. The number of hydrogen-bond donors (Lipinski definition) is 2. The van der Waals surface area contributed by atoms with Gasteiger partial charge in [-0.05, 0) is 12.3 Å². The number of aliphatic carboxylic acids is 1. The summed E-state index contributed by atoms with van der Waals surface area (Å²) in [4.78, 5) is 21.5. The summed E-state index contributed by atoms with van der Waals surface area (Å²) in [5.74, 6) is -1.28. The van der Waals surface area contributed by atoms with Crippen molar-refractivity contribution in [2.45, 2.75) is 26.2 Å². The second kappa shape index (κ2) is 7.26. The van der Waals surface area contributed by atoms with Gasteiger partial charge in [0, 0.05) is 25.6 Å². The Morgan fingerprint density at radius 2 is 1.88 bits per heavy atom. The molecule has 0 saturated carbocycles. The normalized spacial score (nSPS) is 13.1. The molecule has 0 spiro atoms. The number of nitrogens with one attached hydrogen (secondary N) is 1. The van der Waals surface area contributed by atoms with E-state index in [0.29, 0.717) is 13.0 Å². The van der Waals surface area contributed by atoms with E-state index < -0.39 is 15.8 Å². The Balaban J connectivity index is 3.73. The van der Waals surface area contributed by atoms with Crippen LogP contribution in [0, 0.1) is 5.92 Å². The molecule has 0 radical (unpaired) electrons. The fourth-order valence-corrected chi connectivity index (χ4v) is 1.68. The average Bonchev–Trinajstić information content (AvgIpc) is 2.19. The van der Waals surface area contributed by atoms with E-state index in [1.165, 1.54) is 0 Å². The highest BCUT2D eigenvalue weighted by molar-refractivity contribution is 7.90. The van der Waals surface area contributed by atoms with Crippen molar-refractivity contribution < 1.29 is 23.1 Å². The maximum atomic E-state index is 11.2. The monoisotopic (exact) mass is 265 g/mol. The Hall–Kier alpha value is -1.11. The van der Waals surface area contributed by atoms with E-state index >= 15 is 0 Å². The number of carboxylic acids is 1. The molecule has 7 heteroatoms. The van der Waals surface area contributed by atoms with Crippen LogP contribution in [0.1, 0.15) is 26.2 Å². The van der Waals surface area contributed by atoms with Crippen LogP contribution in [0.3, 0.4) is 0 Å². The largest absolute Gasteiger partial charge is 0.481 e. The first-order valence-corrected chi connectivity index (χ1v) is 7.43. The zero-order valence-corrected chi connectivity index (χ0v) is 10.9. The van der Waals surface area contributed by atoms with Crippen molar-refractivity contribution in [1.29, 1.82) is 0 Å². The third-order valence-electron chi connectivity index (χ3n) is 2.20. The highest BCUT2D eigenvalue weighted by Gasteiger charge is 2.10. The molecular weight excluding hydrogens is 246 g/mol. The molecule has 0 fully saturated rings. The molecule has 1 amide bonds. The molecule has 1 atom stereocenters. The highest BCUT2D eigenvalue weighted by Crippen LogP contribution is 2.03. The number of sulfone groups is 1. The second-order valence-corrected chi connectivity index (χ2v) is 6.48. The lowest BCUT2D eigenvalue weighted by atomic mass is 10.1. The molecule has 2 N–H and O–H groups in total. The van der Waals surface area contributed by atoms with Crippen molar-refractivity contribution in [3.05, 3.63) is 0 Å². The number of amides is 1. The standard InChI is InChI=1S/C10H19NO5S/c1-8(3-4-10(13)14)7-11-9(12)5-6-17(2,15)16/h8H,3-7H2,1-2H3,(H,11,12)(H,13,14). The van der Waals surface area contributed by atoms with Crippen LogP contribution in [0.5, 0.6) is 0 Å². The van der Waals surface area contributed by atoms with E-state index in [1.54, 1.807) is 0 Å². The van der Waals surface area contributed by atoms with Gasteiger partial charge in [0.05, 0.1) is 5.75 Å². The summed E-state index contributed by atoms with van der Waals surface area (Å²) in [6, 6.07) is 0. The van der Waals surface area contributed by atoms with Crippen LogP contribution in [0.2, 0.25) is 0 Å². The molecule has 0 bridgehead atoms. The smallest absolute Gasteiger partial charge is 0.303 e. The van der Waals surface area contributed by atoms with Gasteiger partial charge in [0.1, 0.15) is 9.84 Å². The summed E-state index contributed by atoms with van der Waals surface area (Å²) in [5, 5.41) is 11.0. The van der Waals surface area contributed by atoms with Gasteiger partial charge in [0.2, 0.25) is 5.91 Å². The number of carbonyl (C=O) groups is 2. The van der Waals surface area contributed by atoms with Gasteiger partial charge in [0.25, 0.3) is 0 Å². The Morgan fingerprint density at radius 1 is 1.29 bits per heavy atom. The summed E-state index contributed by atoms with van der Waals surface area (Å²) in [6.07, 6.45) is 1.59. The molecule has 0 aromatic heterocycles. The van der Waals surface area contributed by atoms with Crippen molar-refractivity contribution in [1.82, 2.24) is 5.32 Å². The summed E-state index contributed by atoms with van der Waals surface area (Å²) in [7, 11) is -3.12. The third kappa shape index (κ3) is 11.2. The summed E-state index contributed by atoms with van der Waals surface area (Å²) in [6.45, 7) is 2.20. The minimum atomic E-state index is -3.12. The number of carboxylic acid groups (broad SMARTS) is 1. The van der Waals surface area contributed by atoms with Crippen molar-refractivity contribution in [3.8, 4) is 0 Å². The quantitative estimate of drug-likeness (QED) is 0.645. The maximum Gasteiger partial charge on any atom is 0.303 e. The SMILES string of the molecule is CC(CCC(=O)O)CNC(=O)CCS(C)(=O)=O. The van der Waals surface area contributed by atoms with E-state index in [1.807, 2.05) is 6.92 Å². The van der Waals surface area contributed by atoms with Crippen molar-refractivity contribution >= 4 is 21.7 Å². The molecule has 0 aromatic carbocycles. The van der Waals surface area contributed by atoms with Crippen molar-refractivity contribution in [3.63, 3.8) is 0 Å². The summed E-state index contributed by atoms with van der Waals surface area (Å²) < 4.78 is 21.6. The van der Waals surface area contributed by atoms with Crippen LogP contribution in [-0.2, 0) is 19.4 Å². The van der Waals surface area contributed by atoms with E-state index in [4.69, 9.17) is 5.11 Å². The van der Waals surface area contributed by atoms with Crippen LogP contribution in [0.4, 0.5) is 0 Å². The van der Waals surface area contributed by atoms with Gasteiger partial charge in [-0.2, -0.15) is 0 Å². The predicted molar refractivity (Wildman–Crippen MR) is 63.4 cm³/mol. The molecule has 17 heavy (non-hydrogen) atoms. The van der Waals surface area contributed by atoms with Crippen LogP contribution in [-0.4, -0.2) is 44.0 Å². The molecule has 0 aromatic rings. The third-order valence-corrected chi connectivity index (χ3v) is 3.14. The minimum absolute atomic E-state index is 0.0511. The maximum absolute atomic E-state index is 11.2. The first kappa shape index (κ1) is 15.9. The molecule has 0 heterocycles. The molecule has 0 saturated heterocycles. The van der Waals surface area contributed by atoms with Crippen molar-refractivity contribution in [2.24, 2.45) is 5.92 Å². The predicted octanol–water partition coefficient (Wildman–Crippen LogP) is 0.0382. The van der Waals surface area contributed by atoms with Gasteiger partial charge in [-0.15, -0.1) is 0 Å². The van der Waals surface area contributed by atoms with Gasteiger partial charge in [-0.1, -0.05) is 6.92 Å². The number of hydrogen-bond acceptors (Lipinski definition) is 4. The molecular formula is C10H19NO5S. The molecule has 0 rings (SSSR count). The second-order valence-electron chi connectivity index (χ2n) is 4.22. The fraction of sp³-hybridized carbons (Fsp3) is 0.800. The number of rotatable bonds is 8. The van der Waals surface area contributed by atoms with E-state index in [9.17, 15) is 18.0 Å². The number of carbonyl (C=O) groups excluding carboxylic acids is 1. The molecule has 6 nitrogen and oxygen atoms in total. The topological polar surface area (TPSA) is 101 Å². The summed E-state index contributed by atoms with van der Waals surface area (Å²) >= 11 is 0. The van der Waals surface area contributed by atoms with Crippen LogP contribution in [0.15, 0.2) is 0 Å². The van der Waals surface area contributed by atoms with Gasteiger partial charge < -0.3 is 10.4 Å². The molecule has 1 unspecified atom stereocenters. The summed E-state index contributed by atoms with van der Waals surface area (Å²) in [5.41, 5.74) is 0. The molecule has 0 aliphatic carbocycles. The Bertz CT molecular complexity index is 363. The van der Waals surface area contributed by atoms with Gasteiger partial charge in [-0.25, -0.2) is 8.42 Å². The zero-order chi connectivity index (χ0) is 13.5. The van der Waals surface area contributed by atoms with Gasteiger partial charge in [0.15, 0.2) is 0 Å². The lowest BCUT2D eigenvalue weighted by Gasteiger charge is -2.11. The van der Waals surface area contributed by atoms with Crippen LogP contribution < -0.4 is 5.32 Å². The Kier molecular flexibility index (Phi) is 6.79. The van der Waals surface area contributed by atoms with E-state index in [0.717, 1.165) is 6.26 Å². The Labute approximate surface area is 101 Å². The van der Waals surface area contributed by atoms with Crippen LogP contribution in [0.25, 0.3) is 0 Å². The first-order chi connectivity index (χ1) is 7.70. The van der Waals surface area contributed by atoms with Crippen molar-refractivity contribution in [2.75, 3.05) is 18.6 Å². The Morgan fingerprint density at radius 3 is 2.35 bits per heavy atom. The van der Waals surface area contributed by atoms with E-state index in [-0.39, 0.29) is 30.4 Å².